The lowest BCUT2D eigenvalue weighted by molar-refractivity contribution is 0.0951. The third kappa shape index (κ3) is 3.79. The van der Waals surface area contributed by atoms with E-state index in [2.05, 4.69) is 11.9 Å². The Morgan fingerprint density at radius 1 is 1.59 bits per heavy atom. The first-order valence-electron chi connectivity index (χ1n) is 5.21. The highest BCUT2D eigenvalue weighted by molar-refractivity contribution is 5.99. The first-order valence-corrected chi connectivity index (χ1v) is 5.21. The van der Waals surface area contributed by atoms with Crippen molar-refractivity contribution in [1.82, 2.24) is 5.32 Å². The fourth-order valence-electron chi connectivity index (χ4n) is 1.27. The van der Waals surface area contributed by atoms with Crippen LogP contribution in [0.5, 0.6) is 0 Å². The van der Waals surface area contributed by atoms with Crippen LogP contribution in [0.3, 0.4) is 0 Å². The molecule has 92 valence electrons. The van der Waals surface area contributed by atoms with Gasteiger partial charge in [-0.2, -0.15) is 0 Å². The Bertz CT molecular complexity index is 407. The van der Waals surface area contributed by atoms with E-state index in [-0.39, 0.29) is 17.2 Å². The normalized spacial score (nSPS) is 9.71. The van der Waals surface area contributed by atoms with Gasteiger partial charge in [-0.1, -0.05) is 12.6 Å². The average molecular weight is 238 g/mol. The van der Waals surface area contributed by atoms with Crippen LogP contribution in [-0.2, 0) is 4.74 Å². The first-order chi connectivity index (χ1) is 8.16. The van der Waals surface area contributed by atoms with Gasteiger partial charge in [0, 0.05) is 6.54 Å². The molecule has 0 radical (unpaired) electrons. The van der Waals surface area contributed by atoms with Crippen LogP contribution in [0.4, 0.5) is 10.1 Å². The maximum absolute atomic E-state index is 13.1. The van der Waals surface area contributed by atoms with Gasteiger partial charge in [0.05, 0.1) is 24.1 Å². The summed E-state index contributed by atoms with van der Waals surface area (Å²) in [4.78, 5) is 11.6. The molecule has 0 aromatic heterocycles. The Kier molecular flexibility index (Phi) is 5.00. The monoisotopic (exact) mass is 238 g/mol. The van der Waals surface area contributed by atoms with Crippen molar-refractivity contribution in [3.63, 3.8) is 0 Å². The number of nitrogen functional groups attached to an aromatic ring is 1. The lowest BCUT2D eigenvalue weighted by Crippen LogP contribution is -2.26. The molecule has 17 heavy (non-hydrogen) atoms. The van der Waals surface area contributed by atoms with Crippen molar-refractivity contribution >= 4 is 11.6 Å². The van der Waals surface area contributed by atoms with Crippen molar-refractivity contribution in [3.8, 4) is 0 Å². The van der Waals surface area contributed by atoms with Crippen LogP contribution < -0.4 is 11.1 Å². The maximum Gasteiger partial charge on any atom is 0.253 e. The number of carbonyl (C=O) groups excluding carboxylic acids is 1. The molecule has 0 heterocycles. The van der Waals surface area contributed by atoms with E-state index in [9.17, 15) is 9.18 Å². The van der Waals surface area contributed by atoms with E-state index in [0.717, 1.165) is 0 Å². The lowest BCUT2D eigenvalue weighted by atomic mass is 10.1. The van der Waals surface area contributed by atoms with Gasteiger partial charge in [-0.05, 0) is 18.6 Å². The predicted molar refractivity (Wildman–Crippen MR) is 63.9 cm³/mol. The topological polar surface area (TPSA) is 64.3 Å². The molecular weight excluding hydrogens is 223 g/mol. The van der Waals surface area contributed by atoms with Crippen molar-refractivity contribution in [2.45, 2.75) is 6.42 Å². The molecule has 0 aliphatic carbocycles. The average Bonchev–Trinajstić information content (AvgIpc) is 2.32. The van der Waals surface area contributed by atoms with Gasteiger partial charge in [0.25, 0.3) is 5.91 Å². The number of rotatable bonds is 6. The van der Waals surface area contributed by atoms with Crippen LogP contribution in [0.1, 0.15) is 16.8 Å². The van der Waals surface area contributed by atoms with E-state index in [1.807, 2.05) is 0 Å². The Balaban J connectivity index is 2.47. The molecule has 0 fully saturated rings. The van der Waals surface area contributed by atoms with Crippen molar-refractivity contribution in [2.24, 2.45) is 0 Å². The van der Waals surface area contributed by atoms with E-state index in [0.29, 0.717) is 19.6 Å². The zero-order valence-corrected chi connectivity index (χ0v) is 9.41. The molecule has 5 heteroatoms. The summed E-state index contributed by atoms with van der Waals surface area (Å²) in [6.07, 6.45) is 1.99. The summed E-state index contributed by atoms with van der Waals surface area (Å²) in [5.74, 6) is -0.978. The first kappa shape index (κ1) is 13.0. The number of ether oxygens (including phenoxy) is 1. The second kappa shape index (κ2) is 6.52. The summed E-state index contributed by atoms with van der Waals surface area (Å²) in [6.45, 7) is 4.30. The number of anilines is 1. The zero-order valence-electron chi connectivity index (χ0n) is 9.41. The third-order valence-corrected chi connectivity index (χ3v) is 2.14. The molecule has 3 N–H and O–H groups in total. The van der Waals surface area contributed by atoms with Crippen LogP contribution in [-0.4, -0.2) is 19.1 Å². The summed E-state index contributed by atoms with van der Waals surface area (Å²) in [5, 5.41) is 2.63. The Morgan fingerprint density at radius 3 is 3.06 bits per heavy atom. The summed E-state index contributed by atoms with van der Waals surface area (Å²) in [6, 6.07) is 4.14. The quantitative estimate of drug-likeness (QED) is 0.450. The number of hydrogen-bond acceptors (Lipinski definition) is 3. The Morgan fingerprint density at radius 2 is 2.35 bits per heavy atom. The second-order valence-corrected chi connectivity index (χ2v) is 3.35. The molecule has 0 bridgehead atoms. The van der Waals surface area contributed by atoms with Gasteiger partial charge < -0.3 is 15.8 Å². The number of nitrogens with one attached hydrogen (secondary N) is 1. The third-order valence-electron chi connectivity index (χ3n) is 2.14. The van der Waals surface area contributed by atoms with E-state index in [1.54, 1.807) is 0 Å². The molecule has 0 aliphatic heterocycles. The van der Waals surface area contributed by atoms with Gasteiger partial charge in [-0.3, -0.25) is 4.79 Å². The lowest BCUT2D eigenvalue weighted by Gasteiger charge is -2.07. The van der Waals surface area contributed by atoms with E-state index in [4.69, 9.17) is 10.5 Å². The predicted octanol–water partition coefficient (Wildman–Crippen LogP) is 1.69. The van der Waals surface area contributed by atoms with Gasteiger partial charge in [0.2, 0.25) is 0 Å². The number of amides is 1. The SMILES string of the molecule is C=COCCCNC(=O)c1cccc(F)c1N. The molecule has 4 nitrogen and oxygen atoms in total. The number of halogens is 1. The van der Waals surface area contributed by atoms with E-state index in [1.165, 1.54) is 24.5 Å². The van der Waals surface area contributed by atoms with Crippen LogP contribution >= 0.6 is 0 Å². The molecule has 1 amide bonds. The van der Waals surface area contributed by atoms with Crippen LogP contribution in [0.15, 0.2) is 31.0 Å². The molecule has 0 spiro atoms. The fourth-order valence-corrected chi connectivity index (χ4v) is 1.27. The number of para-hydroxylation sites is 1. The molecule has 0 atom stereocenters. The van der Waals surface area contributed by atoms with Gasteiger partial charge in [-0.15, -0.1) is 0 Å². The largest absolute Gasteiger partial charge is 0.502 e. The zero-order chi connectivity index (χ0) is 12.7. The van der Waals surface area contributed by atoms with E-state index < -0.39 is 5.82 Å². The van der Waals surface area contributed by atoms with E-state index >= 15 is 0 Å². The minimum absolute atomic E-state index is 0.132. The molecular formula is C12H15FN2O2. The second-order valence-electron chi connectivity index (χ2n) is 3.35. The van der Waals surface area contributed by atoms with Gasteiger partial charge in [0.15, 0.2) is 0 Å². The molecule has 0 saturated heterocycles. The van der Waals surface area contributed by atoms with Crippen LogP contribution in [0.2, 0.25) is 0 Å². The van der Waals surface area contributed by atoms with Crippen LogP contribution in [0, 0.1) is 5.82 Å². The highest BCUT2D eigenvalue weighted by atomic mass is 19.1. The maximum atomic E-state index is 13.1. The number of carbonyl (C=O) groups is 1. The highest BCUT2D eigenvalue weighted by Crippen LogP contribution is 2.15. The molecule has 0 saturated carbocycles. The minimum atomic E-state index is -0.590. The van der Waals surface area contributed by atoms with Gasteiger partial charge >= 0.3 is 0 Å². The number of hydrogen-bond donors (Lipinski definition) is 2. The van der Waals surface area contributed by atoms with Crippen molar-refractivity contribution < 1.29 is 13.9 Å². The molecule has 1 aromatic rings. The summed E-state index contributed by atoms with van der Waals surface area (Å²) >= 11 is 0. The summed E-state index contributed by atoms with van der Waals surface area (Å²) < 4.78 is 18.0. The smallest absolute Gasteiger partial charge is 0.253 e. The number of nitrogens with two attached hydrogens (primary N) is 1. The van der Waals surface area contributed by atoms with Crippen LogP contribution in [0.25, 0.3) is 0 Å². The summed E-state index contributed by atoms with van der Waals surface area (Å²) in [7, 11) is 0. The standard InChI is InChI=1S/C12H15FN2O2/c1-2-17-8-4-7-15-12(16)9-5-3-6-10(13)11(9)14/h2-3,5-6H,1,4,7-8,14H2,(H,15,16). The van der Waals surface area contributed by atoms with Gasteiger partial charge in [0.1, 0.15) is 5.82 Å². The van der Waals surface area contributed by atoms with Crippen molar-refractivity contribution in [3.05, 3.63) is 42.4 Å². The molecule has 1 rings (SSSR count). The number of benzene rings is 1. The molecule has 0 unspecified atom stereocenters. The summed E-state index contributed by atoms with van der Waals surface area (Å²) in [5.41, 5.74) is 5.48. The van der Waals surface area contributed by atoms with Gasteiger partial charge in [-0.25, -0.2) is 4.39 Å². The Labute approximate surface area is 99.3 Å². The molecule has 1 aromatic carbocycles. The van der Waals surface area contributed by atoms with Crippen molar-refractivity contribution in [1.29, 1.82) is 0 Å². The highest BCUT2D eigenvalue weighted by Gasteiger charge is 2.11. The Hall–Kier alpha value is -2.04. The molecule has 0 aliphatic rings. The minimum Gasteiger partial charge on any atom is -0.502 e. The van der Waals surface area contributed by atoms with Crippen molar-refractivity contribution in [2.75, 3.05) is 18.9 Å². The fraction of sp³-hybridized carbons (Fsp3) is 0.250.